The quantitative estimate of drug-likeness (QED) is 0.393. The van der Waals surface area contributed by atoms with E-state index in [9.17, 15) is 4.79 Å². The molecular weight excluding hydrogens is 368 g/mol. The van der Waals surface area contributed by atoms with Crippen molar-refractivity contribution < 1.29 is 4.79 Å². The Kier molecular flexibility index (Phi) is 5.03. The van der Waals surface area contributed by atoms with Crippen LogP contribution in [0.4, 0.5) is 11.6 Å². The molecule has 9 heteroatoms. The molecule has 1 fully saturated rings. The normalized spacial score (nSPS) is 14.6. The Hall–Kier alpha value is -3.62. The molecule has 9 nitrogen and oxygen atoms in total. The zero-order valence-corrected chi connectivity index (χ0v) is 16.1. The van der Waals surface area contributed by atoms with Crippen molar-refractivity contribution in [1.29, 1.82) is 0 Å². The van der Waals surface area contributed by atoms with E-state index < -0.39 is 5.91 Å². The summed E-state index contributed by atoms with van der Waals surface area (Å²) in [5.74, 6) is -0.383. The summed E-state index contributed by atoms with van der Waals surface area (Å²) in [7, 11) is 0. The summed E-state index contributed by atoms with van der Waals surface area (Å²) in [6.45, 7) is 1.73. The summed E-state index contributed by atoms with van der Waals surface area (Å²) in [6, 6.07) is 9.92. The number of para-hydroxylation sites is 1. The van der Waals surface area contributed by atoms with Gasteiger partial charge in [0.2, 0.25) is 0 Å². The minimum atomic E-state index is -0.713. The maximum Gasteiger partial charge on any atom is 0.302 e. The molecule has 7 N–H and O–H groups in total. The molecule has 1 aromatic carbocycles. The third-order valence-corrected chi connectivity index (χ3v) is 5.03. The number of nitrogens with zero attached hydrogens (tertiary/aromatic N) is 4. The van der Waals surface area contributed by atoms with E-state index >= 15 is 0 Å². The van der Waals surface area contributed by atoms with Crippen molar-refractivity contribution in [3.8, 4) is 11.4 Å². The molecule has 3 aromatic rings. The van der Waals surface area contributed by atoms with Crippen molar-refractivity contribution in [3.05, 3.63) is 36.0 Å². The predicted octanol–water partition coefficient (Wildman–Crippen LogP) is 2.00. The van der Waals surface area contributed by atoms with Gasteiger partial charge in [-0.3, -0.25) is 4.79 Å². The number of nitrogens with two attached hydrogens (primary N) is 3. The van der Waals surface area contributed by atoms with Gasteiger partial charge in [0, 0.05) is 24.0 Å². The highest BCUT2D eigenvalue weighted by molar-refractivity contribution is 6.04. The Labute approximate surface area is 168 Å². The number of amides is 1. The van der Waals surface area contributed by atoms with Crippen LogP contribution in [0.25, 0.3) is 22.3 Å². The van der Waals surface area contributed by atoms with Crippen molar-refractivity contribution in [2.45, 2.75) is 25.7 Å². The fourth-order valence-electron chi connectivity index (χ4n) is 3.65. The molecule has 2 aromatic heterocycles. The van der Waals surface area contributed by atoms with Gasteiger partial charge in [-0.25, -0.2) is 9.97 Å². The summed E-state index contributed by atoms with van der Waals surface area (Å²) in [4.78, 5) is 30.7. The second-order valence-corrected chi connectivity index (χ2v) is 7.14. The number of aromatic amines is 1. The third-order valence-electron chi connectivity index (χ3n) is 5.03. The summed E-state index contributed by atoms with van der Waals surface area (Å²) in [6.07, 6.45) is 4.51. The van der Waals surface area contributed by atoms with Crippen molar-refractivity contribution >= 4 is 34.4 Å². The summed E-state index contributed by atoms with van der Waals surface area (Å²) < 4.78 is 0. The SMILES string of the molecule is NC(N)=NC(=O)c1nc(-c2cc3ccccc3[nH]2)c(N2CCCCCC2)nc1N. The maximum absolute atomic E-state index is 12.4. The van der Waals surface area contributed by atoms with Gasteiger partial charge in [-0.1, -0.05) is 31.0 Å². The number of fused-ring (bicyclic) bond motifs is 1. The molecule has 4 rings (SSSR count). The number of aliphatic imine (C=N–C) groups is 1. The smallest absolute Gasteiger partial charge is 0.302 e. The number of H-pyrrole nitrogens is 1. The largest absolute Gasteiger partial charge is 0.382 e. The number of rotatable bonds is 3. The van der Waals surface area contributed by atoms with Gasteiger partial charge >= 0.3 is 5.91 Å². The van der Waals surface area contributed by atoms with E-state index in [0.29, 0.717) is 11.5 Å². The van der Waals surface area contributed by atoms with Crippen molar-refractivity contribution in [2.75, 3.05) is 23.7 Å². The van der Waals surface area contributed by atoms with Crippen LogP contribution in [0, 0.1) is 0 Å². The van der Waals surface area contributed by atoms with Gasteiger partial charge in [-0.2, -0.15) is 4.99 Å². The fourth-order valence-corrected chi connectivity index (χ4v) is 3.65. The van der Waals surface area contributed by atoms with Crippen molar-refractivity contribution in [2.24, 2.45) is 16.5 Å². The monoisotopic (exact) mass is 392 g/mol. The lowest BCUT2D eigenvalue weighted by molar-refractivity contribution is 0.0998. The van der Waals surface area contributed by atoms with E-state index in [1.807, 2.05) is 30.3 Å². The highest BCUT2D eigenvalue weighted by Gasteiger charge is 2.24. The topological polar surface area (TPSA) is 152 Å². The first-order valence-electron chi connectivity index (χ1n) is 9.67. The molecule has 0 saturated carbocycles. The summed E-state index contributed by atoms with van der Waals surface area (Å²) in [5.41, 5.74) is 19.0. The van der Waals surface area contributed by atoms with Crippen molar-refractivity contribution in [3.63, 3.8) is 0 Å². The van der Waals surface area contributed by atoms with Crippen LogP contribution in [0.2, 0.25) is 0 Å². The van der Waals surface area contributed by atoms with Gasteiger partial charge in [-0.15, -0.1) is 0 Å². The molecule has 1 amide bonds. The van der Waals surface area contributed by atoms with E-state index in [2.05, 4.69) is 24.8 Å². The number of aromatic nitrogens is 3. The van der Waals surface area contributed by atoms with Gasteiger partial charge in [0.1, 0.15) is 5.69 Å². The number of nitrogen functional groups attached to an aromatic ring is 1. The predicted molar refractivity (Wildman–Crippen MR) is 115 cm³/mol. The van der Waals surface area contributed by atoms with E-state index in [4.69, 9.17) is 17.2 Å². The Morgan fingerprint density at radius 1 is 1.07 bits per heavy atom. The number of hydrogen-bond donors (Lipinski definition) is 4. The number of nitrogens with one attached hydrogen (secondary N) is 1. The highest BCUT2D eigenvalue weighted by Crippen LogP contribution is 2.32. The number of benzene rings is 1. The van der Waals surface area contributed by atoms with Crippen LogP contribution < -0.4 is 22.1 Å². The summed E-state index contributed by atoms with van der Waals surface area (Å²) in [5, 5.41) is 1.04. The Bertz CT molecular complexity index is 1040. The zero-order chi connectivity index (χ0) is 20.4. The molecule has 3 heterocycles. The van der Waals surface area contributed by atoms with E-state index in [-0.39, 0.29) is 17.5 Å². The molecule has 0 bridgehead atoms. The van der Waals surface area contributed by atoms with Gasteiger partial charge in [0.25, 0.3) is 0 Å². The van der Waals surface area contributed by atoms with Gasteiger partial charge in [0.15, 0.2) is 23.3 Å². The Morgan fingerprint density at radius 2 is 1.79 bits per heavy atom. The van der Waals surface area contributed by atoms with Crippen LogP contribution in [-0.2, 0) is 0 Å². The molecule has 1 saturated heterocycles. The van der Waals surface area contributed by atoms with Crippen molar-refractivity contribution in [1.82, 2.24) is 15.0 Å². The molecule has 0 atom stereocenters. The second-order valence-electron chi connectivity index (χ2n) is 7.14. The lowest BCUT2D eigenvalue weighted by Crippen LogP contribution is -2.28. The molecular formula is C20H24N8O. The van der Waals surface area contributed by atoms with E-state index in [1.165, 1.54) is 12.8 Å². The third kappa shape index (κ3) is 3.84. The molecule has 150 valence electrons. The fraction of sp³-hybridized carbons (Fsp3) is 0.300. The Morgan fingerprint density at radius 3 is 2.48 bits per heavy atom. The molecule has 1 aliphatic heterocycles. The summed E-state index contributed by atoms with van der Waals surface area (Å²) >= 11 is 0. The van der Waals surface area contributed by atoms with Crippen LogP contribution in [-0.4, -0.2) is 39.9 Å². The number of carbonyl (C=O) groups excluding carboxylic acids is 1. The number of guanidine groups is 1. The van der Waals surface area contributed by atoms with Crippen LogP contribution in [0.15, 0.2) is 35.3 Å². The van der Waals surface area contributed by atoms with Crippen LogP contribution in [0.5, 0.6) is 0 Å². The van der Waals surface area contributed by atoms with Crippen LogP contribution in [0.1, 0.15) is 36.2 Å². The average Bonchev–Trinajstić information content (AvgIpc) is 2.93. The van der Waals surface area contributed by atoms with Gasteiger partial charge in [-0.05, 0) is 25.0 Å². The zero-order valence-electron chi connectivity index (χ0n) is 16.1. The average molecular weight is 392 g/mol. The maximum atomic E-state index is 12.4. The van der Waals surface area contributed by atoms with Crippen LogP contribution in [0.3, 0.4) is 0 Å². The standard InChI is InChI=1S/C20H24N8O/c21-17-16(19(29)27-20(22)23)25-15(14-11-12-7-3-4-8-13(12)24-14)18(26-17)28-9-5-1-2-6-10-28/h3-4,7-8,11,24H,1-2,5-6,9-10H2,(H2,21,26)(H4,22,23,27,29). The van der Waals surface area contributed by atoms with Gasteiger partial charge < -0.3 is 27.1 Å². The van der Waals surface area contributed by atoms with Gasteiger partial charge in [0.05, 0.1) is 5.69 Å². The number of anilines is 2. The molecule has 29 heavy (non-hydrogen) atoms. The minimum absolute atomic E-state index is 0.0131. The molecule has 0 aliphatic carbocycles. The molecule has 1 aliphatic rings. The Balaban J connectivity index is 1.88. The lowest BCUT2D eigenvalue weighted by Gasteiger charge is -2.24. The highest BCUT2D eigenvalue weighted by atomic mass is 16.1. The second kappa shape index (κ2) is 7.78. The van der Waals surface area contributed by atoms with E-state index in [1.54, 1.807) is 0 Å². The minimum Gasteiger partial charge on any atom is -0.382 e. The number of carbonyl (C=O) groups is 1. The number of hydrogen-bond acceptors (Lipinski definition) is 5. The first-order valence-corrected chi connectivity index (χ1v) is 9.67. The first-order chi connectivity index (χ1) is 14.0. The van der Waals surface area contributed by atoms with E-state index in [0.717, 1.165) is 42.5 Å². The molecule has 0 unspecified atom stereocenters. The molecule has 0 radical (unpaired) electrons. The van der Waals surface area contributed by atoms with Crippen LogP contribution >= 0.6 is 0 Å². The lowest BCUT2D eigenvalue weighted by atomic mass is 10.2. The molecule has 0 spiro atoms. The first kappa shape index (κ1) is 18.7.